The second-order valence-electron chi connectivity index (χ2n) is 5.48. The highest BCUT2D eigenvalue weighted by molar-refractivity contribution is 6.63. The van der Waals surface area contributed by atoms with Crippen LogP contribution in [0.15, 0.2) is 18.2 Å². The molecular weight excluding hydrogens is 215 g/mol. The Morgan fingerprint density at radius 2 is 1.53 bits per heavy atom. The smallest absolute Gasteiger partial charge is 0.399 e. The van der Waals surface area contributed by atoms with Crippen LogP contribution >= 0.6 is 0 Å². The average molecular weight is 234 g/mol. The van der Waals surface area contributed by atoms with E-state index in [4.69, 9.17) is 20.8 Å². The lowest BCUT2D eigenvalue weighted by Crippen LogP contribution is -2.41. The number of nitrogens with two attached hydrogens (primary N) is 2. The van der Waals surface area contributed by atoms with Crippen LogP contribution in [-0.4, -0.2) is 18.3 Å². The van der Waals surface area contributed by atoms with E-state index in [1.165, 1.54) is 0 Å². The zero-order valence-electron chi connectivity index (χ0n) is 10.8. The van der Waals surface area contributed by atoms with Crippen LogP contribution in [0.1, 0.15) is 27.7 Å². The van der Waals surface area contributed by atoms with Crippen LogP contribution in [0, 0.1) is 0 Å². The number of nitrogen functional groups attached to an aromatic ring is 2. The highest BCUT2D eigenvalue weighted by Crippen LogP contribution is 2.36. The summed E-state index contributed by atoms with van der Waals surface area (Å²) in [5, 5.41) is 0. The lowest BCUT2D eigenvalue weighted by Gasteiger charge is -2.32. The second-order valence-corrected chi connectivity index (χ2v) is 5.48. The molecule has 0 saturated carbocycles. The van der Waals surface area contributed by atoms with Crippen LogP contribution in [0.2, 0.25) is 0 Å². The van der Waals surface area contributed by atoms with E-state index in [9.17, 15) is 0 Å². The fourth-order valence-electron chi connectivity index (χ4n) is 1.78. The summed E-state index contributed by atoms with van der Waals surface area (Å²) in [6.07, 6.45) is 0. The summed E-state index contributed by atoms with van der Waals surface area (Å²) in [7, 11) is -0.430. The van der Waals surface area contributed by atoms with Gasteiger partial charge in [0.2, 0.25) is 0 Å². The summed E-state index contributed by atoms with van der Waals surface area (Å²) in [4.78, 5) is 0. The number of hydrogen-bond acceptors (Lipinski definition) is 4. The molecule has 1 aliphatic heterocycles. The van der Waals surface area contributed by atoms with Crippen molar-refractivity contribution in [2.75, 3.05) is 11.5 Å². The molecule has 17 heavy (non-hydrogen) atoms. The molecule has 1 fully saturated rings. The van der Waals surface area contributed by atoms with E-state index in [-0.39, 0.29) is 11.2 Å². The monoisotopic (exact) mass is 234 g/mol. The minimum Gasteiger partial charge on any atom is -0.399 e. The topological polar surface area (TPSA) is 70.5 Å². The lowest BCUT2D eigenvalue weighted by molar-refractivity contribution is 0.00578. The first-order valence-electron chi connectivity index (χ1n) is 5.73. The van der Waals surface area contributed by atoms with Gasteiger partial charge in [0.15, 0.2) is 0 Å². The summed E-state index contributed by atoms with van der Waals surface area (Å²) in [6, 6.07) is 5.38. The summed E-state index contributed by atoms with van der Waals surface area (Å²) in [6.45, 7) is 8.06. The fraction of sp³-hybridized carbons (Fsp3) is 0.500. The van der Waals surface area contributed by atoms with Gasteiger partial charge in [-0.25, -0.2) is 0 Å². The fourth-order valence-corrected chi connectivity index (χ4v) is 1.78. The van der Waals surface area contributed by atoms with Gasteiger partial charge in [-0.05, 0) is 39.8 Å². The summed E-state index contributed by atoms with van der Waals surface area (Å²) >= 11 is 0. The molecule has 1 aliphatic rings. The van der Waals surface area contributed by atoms with E-state index in [2.05, 4.69) is 0 Å². The quantitative estimate of drug-likeness (QED) is 0.564. The molecule has 1 aromatic rings. The van der Waals surface area contributed by atoms with Crippen molar-refractivity contribution in [2.24, 2.45) is 0 Å². The van der Waals surface area contributed by atoms with E-state index in [0.29, 0.717) is 11.4 Å². The molecule has 5 heteroatoms. The Hall–Kier alpha value is -1.20. The van der Waals surface area contributed by atoms with Gasteiger partial charge < -0.3 is 20.8 Å². The van der Waals surface area contributed by atoms with Gasteiger partial charge in [-0.1, -0.05) is 6.07 Å². The van der Waals surface area contributed by atoms with Crippen LogP contribution in [0.4, 0.5) is 11.4 Å². The van der Waals surface area contributed by atoms with Crippen molar-refractivity contribution in [1.29, 1.82) is 0 Å². The molecule has 0 amide bonds. The molecule has 0 spiro atoms. The van der Waals surface area contributed by atoms with Crippen molar-refractivity contribution in [3.8, 4) is 0 Å². The van der Waals surface area contributed by atoms with Gasteiger partial charge in [-0.3, -0.25) is 0 Å². The van der Waals surface area contributed by atoms with Crippen molar-refractivity contribution in [1.82, 2.24) is 0 Å². The largest absolute Gasteiger partial charge is 0.496 e. The first-order valence-corrected chi connectivity index (χ1v) is 5.73. The molecule has 4 N–H and O–H groups in total. The highest BCUT2D eigenvalue weighted by atomic mass is 16.7. The van der Waals surface area contributed by atoms with Crippen LogP contribution in [0.25, 0.3) is 0 Å². The predicted molar refractivity (Wildman–Crippen MR) is 71.0 cm³/mol. The summed E-state index contributed by atoms with van der Waals surface area (Å²) in [5.41, 5.74) is 13.0. The maximum absolute atomic E-state index is 5.94. The van der Waals surface area contributed by atoms with Gasteiger partial charge in [0.05, 0.1) is 11.2 Å². The molecule has 1 saturated heterocycles. The van der Waals surface area contributed by atoms with Crippen molar-refractivity contribution in [3.63, 3.8) is 0 Å². The Labute approximate surface area is 102 Å². The third-order valence-corrected chi connectivity index (χ3v) is 3.62. The number of hydrogen-bond donors (Lipinski definition) is 2. The minimum absolute atomic E-state index is 0.356. The Balaban J connectivity index is 2.32. The van der Waals surface area contributed by atoms with E-state index in [1.54, 1.807) is 12.1 Å². The van der Waals surface area contributed by atoms with E-state index in [0.717, 1.165) is 5.46 Å². The van der Waals surface area contributed by atoms with E-state index in [1.807, 2.05) is 33.8 Å². The normalized spacial score (nSPS) is 21.8. The molecule has 2 rings (SSSR count). The maximum Gasteiger partial charge on any atom is 0.496 e. The Bertz CT molecular complexity index is 430. The highest BCUT2D eigenvalue weighted by Gasteiger charge is 2.52. The van der Waals surface area contributed by atoms with Crippen LogP contribution in [0.3, 0.4) is 0 Å². The number of benzene rings is 1. The third-order valence-electron chi connectivity index (χ3n) is 3.62. The molecule has 92 valence electrons. The zero-order valence-corrected chi connectivity index (χ0v) is 10.8. The Kier molecular flexibility index (Phi) is 2.63. The van der Waals surface area contributed by atoms with E-state index < -0.39 is 7.12 Å². The molecule has 0 unspecified atom stereocenters. The van der Waals surface area contributed by atoms with Gasteiger partial charge in [-0.15, -0.1) is 0 Å². The Morgan fingerprint density at radius 1 is 1.00 bits per heavy atom. The van der Waals surface area contributed by atoms with Crippen molar-refractivity contribution >= 4 is 24.0 Å². The van der Waals surface area contributed by atoms with Crippen molar-refractivity contribution in [3.05, 3.63) is 18.2 Å². The predicted octanol–water partition coefficient (Wildman–Crippen LogP) is 1.15. The maximum atomic E-state index is 5.94. The van der Waals surface area contributed by atoms with Gasteiger partial charge in [0.1, 0.15) is 0 Å². The van der Waals surface area contributed by atoms with Gasteiger partial charge in [0.25, 0.3) is 0 Å². The first kappa shape index (κ1) is 12.3. The van der Waals surface area contributed by atoms with Gasteiger partial charge in [-0.2, -0.15) is 0 Å². The molecule has 0 aromatic heterocycles. The van der Waals surface area contributed by atoms with Gasteiger partial charge >= 0.3 is 7.12 Å². The van der Waals surface area contributed by atoms with Crippen molar-refractivity contribution in [2.45, 2.75) is 38.9 Å². The summed E-state index contributed by atoms with van der Waals surface area (Å²) < 4.78 is 11.9. The summed E-state index contributed by atoms with van der Waals surface area (Å²) in [5.74, 6) is 0. The van der Waals surface area contributed by atoms with Crippen LogP contribution in [0.5, 0.6) is 0 Å². The average Bonchev–Trinajstić information content (AvgIpc) is 2.35. The molecule has 0 radical (unpaired) electrons. The second kappa shape index (κ2) is 3.65. The van der Waals surface area contributed by atoms with Gasteiger partial charge in [0, 0.05) is 16.8 Å². The molecule has 1 aromatic carbocycles. The molecule has 0 atom stereocenters. The standard InChI is InChI=1S/C12H19BN2O2/c1-11(2)12(3,4)17-13(16-11)9-6-5-8(14)7-10(9)15/h5-7H,14-15H2,1-4H3. The minimum atomic E-state index is -0.430. The van der Waals surface area contributed by atoms with E-state index >= 15 is 0 Å². The molecule has 1 heterocycles. The molecule has 0 aliphatic carbocycles. The molecule has 0 bridgehead atoms. The first-order chi connectivity index (χ1) is 7.73. The zero-order chi connectivity index (χ0) is 12.8. The van der Waals surface area contributed by atoms with Crippen LogP contribution < -0.4 is 16.9 Å². The van der Waals surface area contributed by atoms with Crippen molar-refractivity contribution < 1.29 is 9.31 Å². The SMILES string of the molecule is CC1(C)OB(c2ccc(N)cc2N)OC1(C)C. The number of rotatable bonds is 1. The molecule has 4 nitrogen and oxygen atoms in total. The third kappa shape index (κ3) is 2.00. The van der Waals surface area contributed by atoms with Crippen LogP contribution in [-0.2, 0) is 9.31 Å². The lowest BCUT2D eigenvalue weighted by atomic mass is 9.78. The molecular formula is C12H19BN2O2. The number of anilines is 2. The Morgan fingerprint density at radius 3 is 2.00 bits per heavy atom.